The van der Waals surface area contributed by atoms with Crippen molar-refractivity contribution in [1.29, 1.82) is 0 Å². The van der Waals surface area contributed by atoms with Gasteiger partial charge in [-0.25, -0.2) is 0 Å². The summed E-state index contributed by atoms with van der Waals surface area (Å²) in [5, 5.41) is 0. The monoisotopic (exact) mass is 200 g/mol. The molecule has 0 aliphatic heterocycles. The second-order valence-corrected chi connectivity index (χ2v) is 3.59. The third-order valence-corrected chi connectivity index (χ3v) is 2.80. The number of hydrogen-bond acceptors (Lipinski definition) is 4. The molecule has 0 N–H and O–H groups in total. The van der Waals surface area contributed by atoms with Crippen molar-refractivity contribution in [1.82, 2.24) is 0 Å². The van der Waals surface area contributed by atoms with E-state index < -0.39 is 0 Å². The fourth-order valence-corrected chi connectivity index (χ4v) is 1.90. The number of rotatable bonds is 2. The molecule has 1 aliphatic rings. The van der Waals surface area contributed by atoms with E-state index in [2.05, 4.69) is 9.47 Å². The zero-order chi connectivity index (χ0) is 10.6. The van der Waals surface area contributed by atoms with Gasteiger partial charge in [0.25, 0.3) is 0 Å². The van der Waals surface area contributed by atoms with Gasteiger partial charge in [0.2, 0.25) is 0 Å². The van der Waals surface area contributed by atoms with Crippen LogP contribution in [0.25, 0.3) is 0 Å². The van der Waals surface area contributed by atoms with Crippen LogP contribution in [0.15, 0.2) is 0 Å². The Morgan fingerprint density at radius 3 is 1.36 bits per heavy atom. The van der Waals surface area contributed by atoms with Crippen molar-refractivity contribution in [3.05, 3.63) is 0 Å². The average molecular weight is 200 g/mol. The Balaban J connectivity index is 2.38. The van der Waals surface area contributed by atoms with Crippen LogP contribution in [0.2, 0.25) is 0 Å². The Morgan fingerprint density at radius 1 is 0.857 bits per heavy atom. The van der Waals surface area contributed by atoms with Crippen LogP contribution < -0.4 is 0 Å². The lowest BCUT2D eigenvalue weighted by Gasteiger charge is -2.24. The fraction of sp³-hybridized carbons (Fsp3) is 0.800. The maximum atomic E-state index is 11.2. The van der Waals surface area contributed by atoms with E-state index >= 15 is 0 Å². The number of carbonyl (C=O) groups is 2. The van der Waals surface area contributed by atoms with Gasteiger partial charge in [0.1, 0.15) is 0 Å². The Morgan fingerprint density at radius 2 is 1.14 bits per heavy atom. The van der Waals surface area contributed by atoms with E-state index in [1.807, 2.05) is 0 Å². The van der Waals surface area contributed by atoms with E-state index in [0.29, 0.717) is 0 Å². The summed E-state index contributed by atoms with van der Waals surface area (Å²) in [6, 6.07) is 0. The fourth-order valence-electron chi connectivity index (χ4n) is 1.90. The molecule has 0 heterocycles. The van der Waals surface area contributed by atoms with Crippen LogP contribution in [0, 0.1) is 11.8 Å². The minimum absolute atomic E-state index is 0.0269. The molecule has 1 fully saturated rings. The van der Waals surface area contributed by atoms with Gasteiger partial charge in [-0.05, 0) is 25.7 Å². The molecule has 0 aromatic rings. The second kappa shape index (κ2) is 4.98. The molecule has 80 valence electrons. The van der Waals surface area contributed by atoms with Gasteiger partial charge in [0.15, 0.2) is 0 Å². The summed E-state index contributed by atoms with van der Waals surface area (Å²) in [6.07, 6.45) is 2.91. The average Bonchev–Trinajstić information content (AvgIpc) is 2.27. The molecular weight excluding hydrogens is 184 g/mol. The lowest BCUT2D eigenvalue weighted by atomic mass is 9.82. The highest BCUT2D eigenvalue weighted by atomic mass is 16.5. The summed E-state index contributed by atoms with van der Waals surface area (Å²) in [7, 11) is 2.80. The lowest BCUT2D eigenvalue weighted by molar-refractivity contribution is -0.151. The zero-order valence-corrected chi connectivity index (χ0v) is 8.62. The number of carbonyl (C=O) groups excluding carboxylic acids is 2. The molecule has 0 aromatic heterocycles. The molecule has 0 spiro atoms. The smallest absolute Gasteiger partial charge is 0.308 e. The SMILES string of the molecule is COC(=O)[C@H]1CC[C@H](C(=O)OC)CC1. The minimum Gasteiger partial charge on any atom is -0.469 e. The van der Waals surface area contributed by atoms with E-state index in [1.165, 1.54) is 14.2 Å². The van der Waals surface area contributed by atoms with Gasteiger partial charge in [-0.3, -0.25) is 9.59 Å². The van der Waals surface area contributed by atoms with Crippen LogP contribution in [0.5, 0.6) is 0 Å². The maximum absolute atomic E-state index is 11.2. The van der Waals surface area contributed by atoms with E-state index in [4.69, 9.17) is 0 Å². The van der Waals surface area contributed by atoms with Gasteiger partial charge >= 0.3 is 11.9 Å². The zero-order valence-electron chi connectivity index (χ0n) is 8.62. The van der Waals surface area contributed by atoms with Crippen molar-refractivity contribution in [2.75, 3.05) is 14.2 Å². The molecular formula is C10H16O4. The first kappa shape index (κ1) is 11.0. The lowest BCUT2D eigenvalue weighted by Crippen LogP contribution is -2.27. The highest BCUT2D eigenvalue weighted by molar-refractivity contribution is 5.75. The summed E-state index contributed by atoms with van der Waals surface area (Å²) >= 11 is 0. The molecule has 0 radical (unpaired) electrons. The Labute approximate surface area is 83.6 Å². The van der Waals surface area contributed by atoms with Crippen LogP contribution in [-0.4, -0.2) is 26.2 Å². The first-order valence-corrected chi connectivity index (χ1v) is 4.84. The third kappa shape index (κ3) is 2.47. The Hall–Kier alpha value is -1.06. The highest BCUT2D eigenvalue weighted by Gasteiger charge is 2.30. The Kier molecular flexibility index (Phi) is 3.92. The van der Waals surface area contributed by atoms with Crippen molar-refractivity contribution in [2.45, 2.75) is 25.7 Å². The quantitative estimate of drug-likeness (QED) is 0.627. The number of ether oxygens (including phenoxy) is 2. The van der Waals surface area contributed by atoms with E-state index in [0.717, 1.165) is 25.7 Å². The van der Waals surface area contributed by atoms with Crippen molar-refractivity contribution in [2.24, 2.45) is 11.8 Å². The van der Waals surface area contributed by atoms with Gasteiger partial charge < -0.3 is 9.47 Å². The largest absolute Gasteiger partial charge is 0.469 e. The minimum atomic E-state index is -0.159. The molecule has 0 bridgehead atoms. The van der Waals surface area contributed by atoms with Crippen LogP contribution in [-0.2, 0) is 19.1 Å². The number of hydrogen-bond donors (Lipinski definition) is 0. The maximum Gasteiger partial charge on any atom is 0.308 e. The van der Waals surface area contributed by atoms with Gasteiger partial charge in [-0.15, -0.1) is 0 Å². The molecule has 1 rings (SSSR count). The van der Waals surface area contributed by atoms with Gasteiger partial charge in [-0.1, -0.05) is 0 Å². The molecule has 0 saturated heterocycles. The summed E-state index contributed by atoms with van der Waals surface area (Å²) in [4.78, 5) is 22.3. The summed E-state index contributed by atoms with van der Waals surface area (Å²) < 4.78 is 9.31. The topological polar surface area (TPSA) is 52.6 Å². The first-order chi connectivity index (χ1) is 6.69. The summed E-state index contributed by atoms with van der Waals surface area (Å²) in [6.45, 7) is 0. The van der Waals surface area contributed by atoms with E-state index in [-0.39, 0.29) is 23.8 Å². The number of esters is 2. The molecule has 14 heavy (non-hydrogen) atoms. The predicted octanol–water partition coefficient (Wildman–Crippen LogP) is 1.14. The summed E-state index contributed by atoms with van der Waals surface area (Å²) in [5.74, 6) is -0.372. The Bertz CT molecular complexity index is 192. The van der Waals surface area contributed by atoms with Crippen molar-refractivity contribution in [3.63, 3.8) is 0 Å². The van der Waals surface area contributed by atoms with Gasteiger partial charge in [-0.2, -0.15) is 0 Å². The van der Waals surface area contributed by atoms with Crippen LogP contribution in [0.1, 0.15) is 25.7 Å². The normalized spacial score (nSPS) is 26.7. The molecule has 0 atom stereocenters. The van der Waals surface area contributed by atoms with Gasteiger partial charge in [0, 0.05) is 0 Å². The highest BCUT2D eigenvalue weighted by Crippen LogP contribution is 2.30. The molecule has 0 unspecified atom stereocenters. The van der Waals surface area contributed by atoms with Crippen LogP contribution in [0.3, 0.4) is 0 Å². The van der Waals surface area contributed by atoms with Crippen molar-refractivity contribution < 1.29 is 19.1 Å². The molecule has 1 saturated carbocycles. The number of methoxy groups -OCH3 is 2. The first-order valence-electron chi connectivity index (χ1n) is 4.84. The standard InChI is InChI=1S/C10H16O4/c1-13-9(11)7-3-5-8(6-4-7)10(12)14-2/h7-8H,3-6H2,1-2H3/t7-,8-. The van der Waals surface area contributed by atoms with Crippen LogP contribution in [0.4, 0.5) is 0 Å². The van der Waals surface area contributed by atoms with E-state index in [9.17, 15) is 9.59 Å². The molecule has 0 aromatic carbocycles. The molecule has 4 heteroatoms. The summed E-state index contributed by atoms with van der Waals surface area (Å²) in [5.41, 5.74) is 0. The van der Waals surface area contributed by atoms with Gasteiger partial charge in [0.05, 0.1) is 26.1 Å². The molecule has 0 amide bonds. The van der Waals surface area contributed by atoms with Crippen LogP contribution >= 0.6 is 0 Å². The third-order valence-electron chi connectivity index (χ3n) is 2.80. The van der Waals surface area contributed by atoms with E-state index in [1.54, 1.807) is 0 Å². The van der Waals surface area contributed by atoms with Crippen molar-refractivity contribution in [3.8, 4) is 0 Å². The molecule has 1 aliphatic carbocycles. The van der Waals surface area contributed by atoms with Crippen molar-refractivity contribution >= 4 is 11.9 Å². The predicted molar refractivity (Wildman–Crippen MR) is 49.5 cm³/mol. The second-order valence-electron chi connectivity index (χ2n) is 3.59. The molecule has 4 nitrogen and oxygen atoms in total.